The molecule has 12 heavy (non-hydrogen) atoms. The van der Waals surface area contributed by atoms with Gasteiger partial charge in [0.2, 0.25) is 0 Å². The number of hydrogen-bond acceptors (Lipinski definition) is 3. The third-order valence-corrected chi connectivity index (χ3v) is 1.85. The molecule has 0 aliphatic heterocycles. The number of rotatable bonds is 4. The summed E-state index contributed by atoms with van der Waals surface area (Å²) in [5.41, 5.74) is 0. The largest absolute Gasteiger partial charge is 0.377 e. The lowest BCUT2D eigenvalue weighted by Crippen LogP contribution is -2.05. The first-order valence-corrected chi connectivity index (χ1v) is 4.32. The Morgan fingerprint density at radius 2 is 2.08 bits per heavy atom. The maximum atomic E-state index is 5.66. The second-order valence-corrected chi connectivity index (χ2v) is 2.61. The van der Waals surface area contributed by atoms with E-state index in [4.69, 9.17) is 16.3 Å². The quantitative estimate of drug-likeness (QED) is 0.668. The van der Waals surface area contributed by atoms with E-state index in [1.807, 2.05) is 11.5 Å². The molecule has 0 fully saturated rings. The predicted molar refractivity (Wildman–Crippen MR) is 46.0 cm³/mol. The number of alkyl halides is 1. The Kier molecular flexibility index (Phi) is 3.49. The lowest BCUT2D eigenvalue weighted by atomic mass is 10.5. The normalized spacial score (nSPS) is 10.6. The number of halogens is 1. The van der Waals surface area contributed by atoms with Crippen molar-refractivity contribution in [3.63, 3.8) is 0 Å². The SMILES string of the molecule is CCn1c(CCl)nnc1COC. The Hall–Kier alpha value is -0.610. The highest BCUT2D eigenvalue weighted by molar-refractivity contribution is 6.16. The summed E-state index contributed by atoms with van der Waals surface area (Å²) < 4.78 is 6.92. The van der Waals surface area contributed by atoms with E-state index in [1.54, 1.807) is 7.11 Å². The van der Waals surface area contributed by atoms with Crippen LogP contribution in [0, 0.1) is 0 Å². The highest BCUT2D eigenvalue weighted by Crippen LogP contribution is 2.05. The molecule has 0 bridgehead atoms. The molecular weight excluding hydrogens is 178 g/mol. The molecular formula is C7H12ClN3O. The molecule has 1 aromatic rings. The van der Waals surface area contributed by atoms with Crippen molar-refractivity contribution in [1.82, 2.24) is 14.8 Å². The second kappa shape index (κ2) is 4.42. The van der Waals surface area contributed by atoms with Gasteiger partial charge in [-0.3, -0.25) is 0 Å². The minimum atomic E-state index is 0.393. The second-order valence-electron chi connectivity index (χ2n) is 2.34. The highest BCUT2D eigenvalue weighted by atomic mass is 35.5. The summed E-state index contributed by atoms with van der Waals surface area (Å²) in [7, 11) is 1.63. The zero-order chi connectivity index (χ0) is 8.97. The van der Waals surface area contributed by atoms with Crippen LogP contribution >= 0.6 is 11.6 Å². The smallest absolute Gasteiger partial charge is 0.159 e. The van der Waals surface area contributed by atoms with Gasteiger partial charge in [0.1, 0.15) is 12.4 Å². The van der Waals surface area contributed by atoms with E-state index in [0.717, 1.165) is 18.2 Å². The van der Waals surface area contributed by atoms with Crippen molar-refractivity contribution < 1.29 is 4.74 Å². The number of methoxy groups -OCH3 is 1. The highest BCUT2D eigenvalue weighted by Gasteiger charge is 2.08. The number of aromatic nitrogens is 3. The van der Waals surface area contributed by atoms with Gasteiger partial charge in [0, 0.05) is 13.7 Å². The molecule has 0 atom stereocenters. The fourth-order valence-corrected chi connectivity index (χ4v) is 1.27. The summed E-state index contributed by atoms with van der Waals surface area (Å²) in [4.78, 5) is 0. The van der Waals surface area contributed by atoms with Crippen molar-refractivity contribution in [3.8, 4) is 0 Å². The molecule has 68 valence electrons. The minimum Gasteiger partial charge on any atom is -0.377 e. The standard InChI is InChI=1S/C7H12ClN3O/c1-3-11-6(4-8)9-10-7(11)5-12-2/h3-5H2,1-2H3. The molecule has 0 unspecified atom stereocenters. The zero-order valence-electron chi connectivity index (χ0n) is 7.25. The van der Waals surface area contributed by atoms with Gasteiger partial charge in [0.25, 0.3) is 0 Å². The topological polar surface area (TPSA) is 39.9 Å². The first-order chi connectivity index (χ1) is 5.83. The van der Waals surface area contributed by atoms with Crippen molar-refractivity contribution in [2.75, 3.05) is 7.11 Å². The van der Waals surface area contributed by atoms with Crippen LogP contribution in [0.25, 0.3) is 0 Å². The van der Waals surface area contributed by atoms with Crippen LogP contribution in [-0.4, -0.2) is 21.9 Å². The third-order valence-electron chi connectivity index (χ3n) is 1.61. The first kappa shape index (κ1) is 9.48. The van der Waals surface area contributed by atoms with E-state index in [-0.39, 0.29) is 0 Å². The summed E-state index contributed by atoms with van der Waals surface area (Å²) in [5.74, 6) is 2.02. The maximum Gasteiger partial charge on any atom is 0.159 e. The van der Waals surface area contributed by atoms with Crippen molar-refractivity contribution in [3.05, 3.63) is 11.6 Å². The molecule has 0 saturated heterocycles. The van der Waals surface area contributed by atoms with Gasteiger partial charge in [-0.1, -0.05) is 0 Å². The van der Waals surface area contributed by atoms with Crippen LogP contribution in [0.15, 0.2) is 0 Å². The Morgan fingerprint density at radius 3 is 2.58 bits per heavy atom. The van der Waals surface area contributed by atoms with Crippen LogP contribution in [0.1, 0.15) is 18.6 Å². The molecule has 0 aliphatic carbocycles. The maximum absolute atomic E-state index is 5.66. The molecule has 0 radical (unpaired) electrons. The molecule has 1 rings (SSSR count). The molecule has 1 heterocycles. The van der Waals surface area contributed by atoms with Crippen LogP contribution in [0.3, 0.4) is 0 Å². The van der Waals surface area contributed by atoms with Gasteiger partial charge >= 0.3 is 0 Å². The Morgan fingerprint density at radius 1 is 1.42 bits per heavy atom. The molecule has 0 saturated carbocycles. The number of hydrogen-bond donors (Lipinski definition) is 0. The fourth-order valence-electron chi connectivity index (χ4n) is 1.07. The van der Waals surface area contributed by atoms with Gasteiger partial charge in [-0.05, 0) is 6.92 Å². The van der Waals surface area contributed by atoms with Crippen LogP contribution in [0.4, 0.5) is 0 Å². The zero-order valence-corrected chi connectivity index (χ0v) is 8.01. The molecule has 0 amide bonds. The summed E-state index contributed by atoms with van der Waals surface area (Å²) in [6.45, 7) is 3.34. The third kappa shape index (κ3) is 1.76. The molecule has 4 nitrogen and oxygen atoms in total. The van der Waals surface area contributed by atoms with Gasteiger partial charge < -0.3 is 9.30 Å². The van der Waals surface area contributed by atoms with Gasteiger partial charge in [-0.25, -0.2) is 0 Å². The minimum absolute atomic E-state index is 0.393. The Balaban J connectivity index is 2.88. The van der Waals surface area contributed by atoms with E-state index in [9.17, 15) is 0 Å². The molecule has 5 heteroatoms. The van der Waals surface area contributed by atoms with Crippen molar-refractivity contribution in [2.45, 2.75) is 26.0 Å². The Labute approximate surface area is 76.5 Å². The monoisotopic (exact) mass is 189 g/mol. The number of ether oxygens (including phenoxy) is 1. The van der Waals surface area contributed by atoms with E-state index in [0.29, 0.717) is 12.5 Å². The van der Waals surface area contributed by atoms with Crippen LogP contribution in [-0.2, 0) is 23.8 Å². The predicted octanol–water partition coefficient (Wildman–Crippen LogP) is 1.18. The first-order valence-electron chi connectivity index (χ1n) is 3.79. The van der Waals surface area contributed by atoms with Gasteiger partial charge in [0.05, 0.1) is 5.88 Å². The van der Waals surface area contributed by atoms with Gasteiger partial charge in [0.15, 0.2) is 5.82 Å². The lowest BCUT2D eigenvalue weighted by Gasteiger charge is -2.03. The molecule has 0 aromatic carbocycles. The van der Waals surface area contributed by atoms with E-state index in [1.165, 1.54) is 0 Å². The van der Waals surface area contributed by atoms with Gasteiger partial charge in [-0.2, -0.15) is 0 Å². The summed E-state index contributed by atoms with van der Waals surface area (Å²) in [6, 6.07) is 0. The average molecular weight is 190 g/mol. The summed E-state index contributed by atoms with van der Waals surface area (Å²) in [6.07, 6.45) is 0. The van der Waals surface area contributed by atoms with Crippen molar-refractivity contribution in [1.29, 1.82) is 0 Å². The summed E-state index contributed by atoms with van der Waals surface area (Å²) >= 11 is 5.66. The number of nitrogens with zero attached hydrogens (tertiary/aromatic N) is 3. The van der Waals surface area contributed by atoms with Crippen molar-refractivity contribution in [2.24, 2.45) is 0 Å². The average Bonchev–Trinajstić information content (AvgIpc) is 2.47. The van der Waals surface area contributed by atoms with Crippen LogP contribution < -0.4 is 0 Å². The fraction of sp³-hybridized carbons (Fsp3) is 0.714. The molecule has 0 N–H and O–H groups in total. The molecule has 0 aliphatic rings. The van der Waals surface area contributed by atoms with E-state index in [2.05, 4.69) is 10.2 Å². The van der Waals surface area contributed by atoms with Gasteiger partial charge in [-0.15, -0.1) is 21.8 Å². The van der Waals surface area contributed by atoms with Crippen molar-refractivity contribution >= 4 is 11.6 Å². The summed E-state index contributed by atoms with van der Waals surface area (Å²) in [5, 5.41) is 7.88. The Bertz CT molecular complexity index is 249. The van der Waals surface area contributed by atoms with Crippen LogP contribution in [0.2, 0.25) is 0 Å². The van der Waals surface area contributed by atoms with E-state index < -0.39 is 0 Å². The van der Waals surface area contributed by atoms with Crippen LogP contribution in [0.5, 0.6) is 0 Å². The molecule has 1 aromatic heterocycles. The van der Waals surface area contributed by atoms with E-state index >= 15 is 0 Å². The lowest BCUT2D eigenvalue weighted by molar-refractivity contribution is 0.174. The molecule has 0 spiro atoms.